The van der Waals surface area contributed by atoms with Crippen molar-refractivity contribution in [3.63, 3.8) is 0 Å². The highest BCUT2D eigenvalue weighted by Crippen LogP contribution is 2.36. The first kappa shape index (κ1) is 24.8. The Morgan fingerprint density at radius 3 is 2.53 bits per heavy atom. The van der Waals surface area contributed by atoms with Crippen LogP contribution in [-0.2, 0) is 14.9 Å². The average Bonchev–Trinajstić information content (AvgIpc) is 3.07. The maximum absolute atomic E-state index is 14.0. The van der Waals surface area contributed by atoms with Gasteiger partial charge in [-0.1, -0.05) is 39.0 Å². The molecule has 1 saturated heterocycles. The fourth-order valence-electron chi connectivity index (χ4n) is 4.94. The lowest BCUT2D eigenvalue weighted by Gasteiger charge is -2.48. The smallest absolute Gasteiger partial charge is 0.272 e. The molecule has 0 saturated carbocycles. The van der Waals surface area contributed by atoms with E-state index in [1.54, 1.807) is 22.5 Å². The molecule has 3 N–H and O–H groups in total. The van der Waals surface area contributed by atoms with Gasteiger partial charge in [0.25, 0.3) is 5.56 Å². The molecule has 192 valence electrons. The number of aliphatic imine (C=N–C) groups is 1. The van der Waals surface area contributed by atoms with E-state index in [1.807, 2.05) is 24.3 Å². The highest BCUT2D eigenvalue weighted by Gasteiger charge is 2.34. The lowest BCUT2D eigenvalue weighted by atomic mass is 9.87. The summed E-state index contributed by atoms with van der Waals surface area (Å²) >= 11 is 0. The first-order valence-corrected chi connectivity index (χ1v) is 14.5. The lowest BCUT2D eigenvalue weighted by Crippen LogP contribution is -2.51. The molecule has 0 aliphatic carbocycles. The van der Waals surface area contributed by atoms with Gasteiger partial charge in [0, 0.05) is 25.9 Å². The number of hydrogen-bond acceptors (Lipinski definition) is 6. The van der Waals surface area contributed by atoms with Crippen LogP contribution in [0.1, 0.15) is 32.8 Å². The van der Waals surface area contributed by atoms with Gasteiger partial charge in [-0.25, -0.2) is 14.4 Å². The number of benzene rings is 2. The lowest BCUT2D eigenvalue weighted by molar-refractivity contribution is 0.318. The van der Waals surface area contributed by atoms with Crippen LogP contribution in [0.5, 0.6) is 0 Å². The minimum absolute atomic E-state index is 0.0194. The summed E-state index contributed by atoms with van der Waals surface area (Å²) in [5, 5.41) is 11.3. The van der Waals surface area contributed by atoms with E-state index in [4.69, 9.17) is 0 Å². The Labute approximate surface area is 211 Å². The van der Waals surface area contributed by atoms with Crippen LogP contribution in [0.25, 0.3) is 10.8 Å². The van der Waals surface area contributed by atoms with Gasteiger partial charge in [0.1, 0.15) is 5.84 Å². The molecule has 36 heavy (non-hydrogen) atoms. The molecule has 3 heterocycles. The fourth-order valence-corrected chi connectivity index (χ4v) is 7.07. The molecule has 0 atom stereocenters. The molecule has 10 heteroatoms. The van der Waals surface area contributed by atoms with Crippen LogP contribution < -0.4 is 10.9 Å². The molecule has 5 rings (SSSR count). The van der Waals surface area contributed by atoms with Gasteiger partial charge in [0.05, 0.1) is 27.9 Å². The van der Waals surface area contributed by atoms with Gasteiger partial charge in [-0.3, -0.25) is 14.2 Å². The van der Waals surface area contributed by atoms with Gasteiger partial charge < -0.3 is 5.32 Å². The molecule has 9 nitrogen and oxygen atoms in total. The van der Waals surface area contributed by atoms with Crippen molar-refractivity contribution < 1.29 is 8.76 Å². The van der Waals surface area contributed by atoms with E-state index in [1.165, 1.54) is 6.26 Å². The van der Waals surface area contributed by atoms with Gasteiger partial charge >= 0.3 is 0 Å². The number of aromatic nitrogens is 2. The topological polar surface area (TPSA) is 114 Å². The number of nitrogens with zero attached hydrogens (tertiary/aromatic N) is 4. The van der Waals surface area contributed by atoms with Crippen molar-refractivity contribution >= 4 is 37.6 Å². The van der Waals surface area contributed by atoms with E-state index in [0.29, 0.717) is 42.3 Å². The molecular weight excluding hydrogens is 476 g/mol. The molecular formula is C26H34N6O3S. The molecule has 0 unspecified atom stereocenters. The molecule has 1 fully saturated rings. The zero-order chi connectivity index (χ0) is 25.7. The molecule has 0 bridgehead atoms. The Morgan fingerprint density at radius 2 is 1.81 bits per heavy atom. The summed E-state index contributed by atoms with van der Waals surface area (Å²) in [6.45, 7) is 9.33. The van der Waals surface area contributed by atoms with Crippen LogP contribution in [0.4, 0.5) is 11.5 Å². The second-order valence-electron chi connectivity index (χ2n) is 10.9. The Bertz CT molecular complexity index is 1470. The summed E-state index contributed by atoms with van der Waals surface area (Å²) in [5.41, 5.74) is 1.69. The van der Waals surface area contributed by atoms with Crippen molar-refractivity contribution in [2.75, 3.05) is 44.3 Å². The standard InChI is InChI=1S/C26H34N6O3S/c1-26(2,3)18-9-11-19(12-10-18)36(4,34,35)32-14-6-13-31(15-16-32)17-22-27-21-8-5-7-20-23(21)24(28-22)29-30-25(20)33/h5,7-12H,6,13-17H2,1-4H3,(H,30,33)(H,34,35)(H,27,28,29). The predicted molar refractivity (Wildman–Crippen MR) is 146 cm³/mol. The van der Waals surface area contributed by atoms with Crippen molar-refractivity contribution in [1.82, 2.24) is 19.4 Å². The number of amidine groups is 1. The summed E-state index contributed by atoms with van der Waals surface area (Å²) in [7, 11) is -4.19. The zero-order valence-electron chi connectivity index (χ0n) is 21.2. The van der Waals surface area contributed by atoms with Crippen molar-refractivity contribution in [2.24, 2.45) is 4.99 Å². The molecule has 2 aliphatic heterocycles. The number of nitrogens with one attached hydrogen (secondary N) is 2. The van der Waals surface area contributed by atoms with E-state index in [9.17, 15) is 13.6 Å². The summed E-state index contributed by atoms with van der Waals surface area (Å²) in [5.74, 6) is 1.23. The van der Waals surface area contributed by atoms with E-state index in [-0.39, 0.29) is 11.0 Å². The van der Waals surface area contributed by atoms with Crippen molar-refractivity contribution in [3.8, 4) is 0 Å². The third-order valence-corrected chi connectivity index (χ3v) is 10.0. The fraction of sp³-hybridized carbons (Fsp3) is 0.423. The number of hydrogen-bond donors (Lipinski definition) is 3. The average molecular weight is 511 g/mol. The maximum atomic E-state index is 14.0. The van der Waals surface area contributed by atoms with Gasteiger partial charge in [0.15, 0.2) is 5.82 Å². The molecule has 2 aliphatic rings. The summed E-state index contributed by atoms with van der Waals surface area (Å²) in [4.78, 5) is 19.4. The maximum Gasteiger partial charge on any atom is 0.272 e. The Balaban J connectivity index is 1.32. The van der Waals surface area contributed by atoms with Gasteiger partial charge in [-0.2, -0.15) is 9.31 Å². The Hall–Kier alpha value is -2.92. The van der Waals surface area contributed by atoms with Crippen molar-refractivity contribution in [3.05, 3.63) is 58.4 Å². The first-order chi connectivity index (χ1) is 16.9. The zero-order valence-corrected chi connectivity index (χ0v) is 22.1. The van der Waals surface area contributed by atoms with Crippen LogP contribution >= 0.6 is 0 Å². The molecule has 2 aromatic carbocycles. The summed E-state index contributed by atoms with van der Waals surface area (Å²) in [6, 6.07) is 13.0. The largest absolute Gasteiger partial charge is 0.342 e. The number of rotatable bonds is 4. The van der Waals surface area contributed by atoms with E-state index in [2.05, 4.69) is 46.2 Å². The third kappa shape index (κ3) is 4.50. The van der Waals surface area contributed by atoms with Crippen molar-refractivity contribution in [2.45, 2.75) is 37.5 Å². The minimum Gasteiger partial charge on any atom is -0.342 e. The molecule has 0 radical (unpaired) electrons. The number of H-pyrrole nitrogens is 1. The van der Waals surface area contributed by atoms with E-state index in [0.717, 1.165) is 35.4 Å². The van der Waals surface area contributed by atoms with Crippen molar-refractivity contribution in [1.29, 1.82) is 0 Å². The number of aromatic amines is 1. The second kappa shape index (κ2) is 8.58. The Kier molecular flexibility index (Phi) is 5.90. The highest BCUT2D eigenvalue weighted by atomic mass is 32.3. The summed E-state index contributed by atoms with van der Waals surface area (Å²) < 4.78 is 27.3. The SMILES string of the molecule is CC(C)(C)c1ccc(S(C)(=O)(O)N2CCCN(CC3=Nc4n[nH]c(=O)c5cccc(c45)N3)CC2)cc1. The highest BCUT2D eigenvalue weighted by molar-refractivity contribution is 8.12. The molecule has 1 aromatic heterocycles. The molecule has 0 amide bonds. The van der Waals surface area contributed by atoms with E-state index >= 15 is 0 Å². The normalized spacial score (nSPS) is 18.7. The quantitative estimate of drug-likeness (QED) is 0.494. The number of anilines is 1. The van der Waals surface area contributed by atoms with Gasteiger partial charge in [-0.05, 0) is 48.2 Å². The van der Waals surface area contributed by atoms with Crippen LogP contribution in [0.15, 0.2) is 57.1 Å². The van der Waals surface area contributed by atoms with Crippen LogP contribution in [-0.4, -0.2) is 73.0 Å². The molecule has 3 aromatic rings. The summed E-state index contributed by atoms with van der Waals surface area (Å²) in [6.07, 6.45) is 2.23. The van der Waals surface area contributed by atoms with E-state index < -0.39 is 9.53 Å². The van der Waals surface area contributed by atoms with Gasteiger partial charge in [0.2, 0.25) is 0 Å². The monoisotopic (exact) mass is 510 g/mol. The Morgan fingerprint density at radius 1 is 1.06 bits per heavy atom. The predicted octanol–water partition coefficient (Wildman–Crippen LogP) is 3.58. The second-order valence-corrected chi connectivity index (χ2v) is 14.3. The van der Waals surface area contributed by atoms with Crippen LogP contribution in [0.2, 0.25) is 0 Å². The third-order valence-electron chi connectivity index (χ3n) is 7.11. The van der Waals surface area contributed by atoms with Gasteiger partial charge in [-0.15, -0.1) is 9.53 Å². The van der Waals surface area contributed by atoms with Crippen LogP contribution in [0, 0.1) is 0 Å². The van der Waals surface area contributed by atoms with Crippen LogP contribution in [0.3, 0.4) is 0 Å². The molecule has 0 spiro atoms. The first-order valence-electron chi connectivity index (χ1n) is 12.2. The minimum atomic E-state index is -4.19.